The zero-order valence-corrected chi connectivity index (χ0v) is 17.2. The maximum absolute atomic E-state index is 10.5. The standard InChI is InChI=1S/C16H32O4S.Na/c1-2-3-4-5-6-7-8-15-9-11-16(12-10-15)20-13-14-21(17,18)19;/h15-16H,2-14H2,1H3,(H,17,18,19);/q;+1/p-1. The van der Waals surface area contributed by atoms with E-state index in [0.29, 0.717) is 0 Å². The van der Waals surface area contributed by atoms with Gasteiger partial charge in [-0.05, 0) is 31.6 Å². The Morgan fingerprint density at radius 2 is 1.59 bits per heavy atom. The van der Waals surface area contributed by atoms with Gasteiger partial charge in [-0.3, -0.25) is 0 Å². The molecule has 0 radical (unpaired) electrons. The van der Waals surface area contributed by atoms with Crippen LogP contribution in [0.4, 0.5) is 0 Å². The summed E-state index contributed by atoms with van der Waals surface area (Å²) >= 11 is 0. The van der Waals surface area contributed by atoms with E-state index in [2.05, 4.69) is 6.92 Å². The molecule has 126 valence electrons. The first-order chi connectivity index (χ1) is 10.0. The van der Waals surface area contributed by atoms with Crippen molar-refractivity contribution in [1.82, 2.24) is 0 Å². The molecule has 0 aromatic carbocycles. The summed E-state index contributed by atoms with van der Waals surface area (Å²) in [4.78, 5) is 0. The van der Waals surface area contributed by atoms with Crippen LogP contribution < -0.4 is 29.6 Å². The van der Waals surface area contributed by atoms with Gasteiger partial charge in [0.15, 0.2) is 0 Å². The van der Waals surface area contributed by atoms with E-state index >= 15 is 0 Å². The Balaban J connectivity index is 0.00000441. The summed E-state index contributed by atoms with van der Waals surface area (Å²) in [5.74, 6) is 0.421. The van der Waals surface area contributed by atoms with Gasteiger partial charge in [0.05, 0.1) is 28.6 Å². The Labute approximate surface area is 158 Å². The fraction of sp³-hybridized carbons (Fsp3) is 1.00. The van der Waals surface area contributed by atoms with Gasteiger partial charge in [0.1, 0.15) is 0 Å². The van der Waals surface area contributed by atoms with Crippen LogP contribution in [0.1, 0.15) is 77.6 Å². The van der Waals surface area contributed by atoms with Crippen molar-refractivity contribution in [2.24, 2.45) is 5.92 Å². The van der Waals surface area contributed by atoms with E-state index in [0.717, 1.165) is 18.8 Å². The van der Waals surface area contributed by atoms with Crippen molar-refractivity contribution in [3.63, 3.8) is 0 Å². The molecule has 1 saturated carbocycles. The average molecular weight is 342 g/mol. The van der Waals surface area contributed by atoms with E-state index in [4.69, 9.17) is 4.74 Å². The summed E-state index contributed by atoms with van der Waals surface area (Å²) in [5, 5.41) is 0. The molecule has 6 heteroatoms. The molecule has 1 aliphatic carbocycles. The van der Waals surface area contributed by atoms with Crippen molar-refractivity contribution < 1.29 is 47.3 Å². The second kappa shape index (κ2) is 13.2. The molecule has 0 bridgehead atoms. The molecule has 0 aromatic rings. The van der Waals surface area contributed by atoms with Gasteiger partial charge in [0, 0.05) is 0 Å². The first-order valence-corrected chi connectivity index (χ1v) is 10.1. The van der Waals surface area contributed by atoms with Gasteiger partial charge < -0.3 is 9.29 Å². The zero-order chi connectivity index (χ0) is 15.6. The molecule has 0 atom stereocenters. The predicted molar refractivity (Wildman–Crippen MR) is 84.3 cm³/mol. The SMILES string of the molecule is CCCCCCCCC1CCC(OCCS(=O)(=O)[O-])CC1.[Na+]. The predicted octanol–water partition coefficient (Wildman–Crippen LogP) is 0.862. The topological polar surface area (TPSA) is 66.4 Å². The number of rotatable bonds is 11. The Hall–Kier alpha value is 0.870. The van der Waals surface area contributed by atoms with Crippen LogP contribution in [0.15, 0.2) is 0 Å². The Morgan fingerprint density at radius 1 is 1.00 bits per heavy atom. The summed E-state index contributed by atoms with van der Waals surface area (Å²) < 4.78 is 37.0. The van der Waals surface area contributed by atoms with E-state index in [1.165, 1.54) is 57.8 Å². The third-order valence-electron chi connectivity index (χ3n) is 4.45. The molecule has 0 unspecified atom stereocenters. The molecule has 4 nitrogen and oxygen atoms in total. The minimum atomic E-state index is -4.13. The first kappa shape index (κ1) is 22.9. The van der Waals surface area contributed by atoms with Crippen molar-refractivity contribution in [3.05, 3.63) is 0 Å². The van der Waals surface area contributed by atoms with Gasteiger partial charge in [0.25, 0.3) is 0 Å². The molecule has 0 amide bonds. The molecule has 0 aliphatic heterocycles. The van der Waals surface area contributed by atoms with Gasteiger partial charge >= 0.3 is 29.6 Å². The van der Waals surface area contributed by atoms with E-state index in [1.54, 1.807) is 0 Å². The number of hydrogen-bond donors (Lipinski definition) is 0. The van der Waals surface area contributed by atoms with E-state index in [1.807, 2.05) is 0 Å². The van der Waals surface area contributed by atoms with Crippen molar-refractivity contribution in [1.29, 1.82) is 0 Å². The first-order valence-electron chi connectivity index (χ1n) is 8.56. The van der Waals surface area contributed by atoms with Crippen molar-refractivity contribution in [2.45, 2.75) is 83.7 Å². The average Bonchev–Trinajstić information content (AvgIpc) is 2.43. The minimum Gasteiger partial charge on any atom is -0.748 e. The van der Waals surface area contributed by atoms with Crippen molar-refractivity contribution >= 4 is 10.1 Å². The smallest absolute Gasteiger partial charge is 0.748 e. The van der Waals surface area contributed by atoms with Crippen LogP contribution in [0.3, 0.4) is 0 Å². The summed E-state index contributed by atoms with van der Waals surface area (Å²) in [6.45, 7) is 2.30. The van der Waals surface area contributed by atoms with Crippen LogP contribution in [0.2, 0.25) is 0 Å². The Morgan fingerprint density at radius 3 is 2.18 bits per heavy atom. The molecule has 22 heavy (non-hydrogen) atoms. The molecule has 0 heterocycles. The number of ether oxygens (including phenoxy) is 1. The molecule has 0 aromatic heterocycles. The summed E-state index contributed by atoms with van der Waals surface area (Å²) in [6.07, 6.45) is 14.0. The van der Waals surface area contributed by atoms with Crippen LogP contribution in [-0.4, -0.2) is 31.4 Å². The zero-order valence-electron chi connectivity index (χ0n) is 14.4. The van der Waals surface area contributed by atoms with Gasteiger partial charge in [-0.1, -0.05) is 51.9 Å². The van der Waals surface area contributed by atoms with E-state index in [-0.39, 0.29) is 42.3 Å². The monoisotopic (exact) mass is 342 g/mol. The van der Waals surface area contributed by atoms with Crippen LogP contribution >= 0.6 is 0 Å². The molecule has 1 fully saturated rings. The second-order valence-electron chi connectivity index (χ2n) is 6.33. The van der Waals surface area contributed by atoms with Crippen LogP contribution in [0.5, 0.6) is 0 Å². The Bertz CT molecular complexity index is 351. The second-order valence-corrected chi connectivity index (χ2v) is 7.86. The van der Waals surface area contributed by atoms with Crippen LogP contribution in [0.25, 0.3) is 0 Å². The quantitative estimate of drug-likeness (QED) is 0.317. The summed E-state index contributed by atoms with van der Waals surface area (Å²) in [6, 6.07) is 0. The number of unbranched alkanes of at least 4 members (excludes halogenated alkanes) is 5. The van der Waals surface area contributed by atoms with Crippen molar-refractivity contribution in [2.75, 3.05) is 12.4 Å². The molecule has 0 N–H and O–H groups in total. The number of hydrogen-bond acceptors (Lipinski definition) is 4. The van der Waals surface area contributed by atoms with Gasteiger partial charge in [-0.25, -0.2) is 8.42 Å². The third-order valence-corrected chi connectivity index (χ3v) is 5.11. The van der Waals surface area contributed by atoms with Gasteiger partial charge in [0.2, 0.25) is 0 Å². The fourth-order valence-electron chi connectivity index (χ4n) is 3.12. The molecular weight excluding hydrogens is 311 g/mol. The van der Waals surface area contributed by atoms with Crippen LogP contribution in [0, 0.1) is 5.92 Å². The minimum absolute atomic E-state index is 0. The third kappa shape index (κ3) is 12.3. The maximum atomic E-state index is 10.5. The fourth-order valence-corrected chi connectivity index (χ4v) is 3.42. The van der Waals surface area contributed by atoms with E-state index < -0.39 is 15.9 Å². The molecule has 1 aliphatic rings. The van der Waals surface area contributed by atoms with Crippen molar-refractivity contribution in [3.8, 4) is 0 Å². The van der Waals surface area contributed by atoms with Gasteiger partial charge in [-0.15, -0.1) is 0 Å². The molecule has 0 saturated heterocycles. The van der Waals surface area contributed by atoms with E-state index in [9.17, 15) is 13.0 Å². The van der Waals surface area contributed by atoms with Gasteiger partial charge in [-0.2, -0.15) is 0 Å². The molecular formula is C16H31NaO4S. The Kier molecular flexibility index (Phi) is 13.7. The molecule has 0 spiro atoms. The molecule has 1 rings (SSSR count). The maximum Gasteiger partial charge on any atom is 1.00 e. The summed E-state index contributed by atoms with van der Waals surface area (Å²) in [7, 11) is -4.13. The largest absolute Gasteiger partial charge is 1.00 e. The van der Waals surface area contributed by atoms with Crippen LogP contribution in [-0.2, 0) is 14.9 Å². The summed E-state index contributed by atoms with van der Waals surface area (Å²) in [5.41, 5.74) is 0. The normalized spacial score (nSPS) is 22.3.